The van der Waals surface area contributed by atoms with Crippen LogP contribution < -0.4 is 4.74 Å². The molecule has 128 valence electrons. The minimum atomic E-state index is -0.306. The van der Waals surface area contributed by atoms with Gasteiger partial charge in [0.05, 0.1) is 17.6 Å². The predicted molar refractivity (Wildman–Crippen MR) is 95.3 cm³/mol. The molecule has 2 aromatic carbocycles. The summed E-state index contributed by atoms with van der Waals surface area (Å²) in [5.74, 6) is 0.191. The van der Waals surface area contributed by atoms with Gasteiger partial charge in [0.25, 0.3) is 5.91 Å². The van der Waals surface area contributed by atoms with Gasteiger partial charge in [-0.2, -0.15) is 0 Å². The second-order valence-electron chi connectivity index (χ2n) is 5.86. The van der Waals surface area contributed by atoms with Crippen molar-refractivity contribution in [2.75, 3.05) is 20.2 Å². The van der Waals surface area contributed by atoms with Gasteiger partial charge in [-0.05, 0) is 43.3 Å². The Bertz CT molecular complexity index is 894. The van der Waals surface area contributed by atoms with Gasteiger partial charge in [-0.3, -0.25) is 9.78 Å². The Labute approximate surface area is 145 Å². The van der Waals surface area contributed by atoms with Crippen LogP contribution in [0, 0.1) is 12.7 Å². The second-order valence-corrected chi connectivity index (χ2v) is 5.86. The van der Waals surface area contributed by atoms with Crippen LogP contribution >= 0.6 is 0 Å². The lowest BCUT2D eigenvalue weighted by molar-refractivity contribution is 0.0775. The zero-order valence-electron chi connectivity index (χ0n) is 14.2. The highest BCUT2D eigenvalue weighted by Crippen LogP contribution is 2.19. The zero-order chi connectivity index (χ0) is 17.8. The molecule has 0 aliphatic heterocycles. The maximum Gasteiger partial charge on any atom is 0.254 e. The summed E-state index contributed by atoms with van der Waals surface area (Å²) in [5, 5.41) is 0.837. The number of likely N-dealkylation sites (N-methyl/N-ethyl adjacent to an activating group) is 1. The maximum atomic E-state index is 12.9. The smallest absolute Gasteiger partial charge is 0.254 e. The van der Waals surface area contributed by atoms with Crippen molar-refractivity contribution in [1.82, 2.24) is 9.88 Å². The van der Waals surface area contributed by atoms with Crippen molar-refractivity contribution < 1.29 is 13.9 Å². The second kappa shape index (κ2) is 7.30. The molecule has 0 bridgehead atoms. The molecule has 0 fully saturated rings. The first kappa shape index (κ1) is 16.9. The fourth-order valence-corrected chi connectivity index (χ4v) is 2.62. The Balaban J connectivity index is 1.69. The summed E-state index contributed by atoms with van der Waals surface area (Å²) in [6.45, 7) is 2.63. The molecule has 0 N–H and O–H groups in total. The van der Waals surface area contributed by atoms with Crippen molar-refractivity contribution in [3.05, 3.63) is 71.7 Å². The average Bonchev–Trinajstić information content (AvgIpc) is 2.62. The molecule has 5 heteroatoms. The molecule has 3 rings (SSSR count). The van der Waals surface area contributed by atoms with Crippen LogP contribution in [-0.4, -0.2) is 36.0 Å². The number of fused-ring (bicyclic) bond motifs is 1. The number of amides is 1. The summed E-state index contributed by atoms with van der Waals surface area (Å²) >= 11 is 0. The number of ether oxygens (including phenoxy) is 1. The molecule has 0 radical (unpaired) electrons. The van der Waals surface area contributed by atoms with Gasteiger partial charge in [0.1, 0.15) is 18.2 Å². The lowest BCUT2D eigenvalue weighted by atomic mass is 10.1. The summed E-state index contributed by atoms with van der Waals surface area (Å²) in [5.41, 5.74) is 2.24. The summed E-state index contributed by atoms with van der Waals surface area (Å²) in [6, 6.07) is 15.2. The minimum absolute atomic E-state index is 0.0793. The van der Waals surface area contributed by atoms with E-state index in [1.165, 1.54) is 12.1 Å². The van der Waals surface area contributed by atoms with Crippen LogP contribution in [0.2, 0.25) is 0 Å². The van der Waals surface area contributed by atoms with E-state index in [0.29, 0.717) is 24.5 Å². The number of para-hydroxylation sites is 1. The van der Waals surface area contributed by atoms with Crippen molar-refractivity contribution in [1.29, 1.82) is 0 Å². The van der Waals surface area contributed by atoms with E-state index in [4.69, 9.17) is 4.74 Å². The molecule has 0 aliphatic rings. The van der Waals surface area contributed by atoms with Gasteiger partial charge in [0, 0.05) is 18.1 Å². The number of carbonyl (C=O) groups is 1. The van der Waals surface area contributed by atoms with Crippen molar-refractivity contribution in [3.8, 4) is 5.75 Å². The molecule has 25 heavy (non-hydrogen) atoms. The molecule has 0 spiro atoms. The largest absolute Gasteiger partial charge is 0.492 e. The van der Waals surface area contributed by atoms with E-state index in [9.17, 15) is 9.18 Å². The van der Waals surface area contributed by atoms with Gasteiger partial charge in [-0.1, -0.05) is 18.2 Å². The Morgan fingerprint density at radius 3 is 2.64 bits per heavy atom. The van der Waals surface area contributed by atoms with Crippen molar-refractivity contribution in [3.63, 3.8) is 0 Å². The highest BCUT2D eigenvalue weighted by atomic mass is 19.1. The van der Waals surface area contributed by atoms with Gasteiger partial charge in [0.15, 0.2) is 0 Å². The number of aromatic nitrogens is 1. The first-order valence-corrected chi connectivity index (χ1v) is 8.05. The van der Waals surface area contributed by atoms with Crippen molar-refractivity contribution in [2.24, 2.45) is 0 Å². The lowest BCUT2D eigenvalue weighted by Gasteiger charge is -2.19. The van der Waals surface area contributed by atoms with Crippen molar-refractivity contribution >= 4 is 16.8 Å². The van der Waals surface area contributed by atoms with Crippen LogP contribution in [0.3, 0.4) is 0 Å². The van der Waals surface area contributed by atoms with Crippen LogP contribution in [0.4, 0.5) is 4.39 Å². The number of hydrogen-bond acceptors (Lipinski definition) is 3. The first-order valence-electron chi connectivity index (χ1n) is 8.05. The first-order chi connectivity index (χ1) is 12.0. The number of halogens is 1. The summed E-state index contributed by atoms with van der Waals surface area (Å²) < 4.78 is 18.4. The van der Waals surface area contributed by atoms with E-state index in [2.05, 4.69) is 4.98 Å². The van der Waals surface area contributed by atoms with Gasteiger partial charge >= 0.3 is 0 Å². The summed E-state index contributed by atoms with van der Waals surface area (Å²) in [6.07, 6.45) is 0. The number of carbonyl (C=O) groups excluding carboxylic acids is 1. The van der Waals surface area contributed by atoms with Crippen LogP contribution in [0.5, 0.6) is 5.75 Å². The monoisotopic (exact) mass is 338 g/mol. The van der Waals surface area contributed by atoms with E-state index >= 15 is 0 Å². The number of pyridine rings is 1. The normalized spacial score (nSPS) is 10.7. The quantitative estimate of drug-likeness (QED) is 0.710. The van der Waals surface area contributed by atoms with Gasteiger partial charge in [-0.15, -0.1) is 0 Å². The molecule has 0 unspecified atom stereocenters. The Morgan fingerprint density at radius 1 is 1.16 bits per heavy atom. The van der Waals surface area contributed by atoms with E-state index in [1.54, 1.807) is 24.1 Å². The molecule has 1 amide bonds. The number of hydrogen-bond donors (Lipinski definition) is 0. The molecular formula is C20H19FN2O2. The molecule has 1 heterocycles. The van der Waals surface area contributed by atoms with E-state index in [0.717, 1.165) is 16.6 Å². The standard InChI is InChI=1S/C20H19FN2O2/c1-14-13-18(17-5-3-4-6-19(17)22-14)20(24)23(2)11-12-25-16-9-7-15(21)8-10-16/h3-10,13H,11-12H2,1-2H3. The zero-order valence-corrected chi connectivity index (χ0v) is 14.2. The molecule has 0 atom stereocenters. The third-order valence-corrected chi connectivity index (χ3v) is 3.93. The average molecular weight is 338 g/mol. The van der Waals surface area contributed by atoms with E-state index < -0.39 is 0 Å². The van der Waals surface area contributed by atoms with Gasteiger partial charge in [0.2, 0.25) is 0 Å². The Hall–Kier alpha value is -2.95. The molecular weight excluding hydrogens is 319 g/mol. The van der Waals surface area contributed by atoms with Crippen molar-refractivity contribution in [2.45, 2.75) is 6.92 Å². The number of benzene rings is 2. The topological polar surface area (TPSA) is 42.4 Å². The number of rotatable bonds is 5. The summed E-state index contributed by atoms with van der Waals surface area (Å²) in [7, 11) is 1.74. The molecule has 0 saturated carbocycles. The van der Waals surface area contributed by atoms with E-state index in [1.807, 2.05) is 37.3 Å². The predicted octanol–water partition coefficient (Wildman–Crippen LogP) is 3.83. The lowest BCUT2D eigenvalue weighted by Crippen LogP contribution is -2.31. The third-order valence-electron chi connectivity index (χ3n) is 3.93. The molecule has 1 aromatic heterocycles. The van der Waals surface area contributed by atoms with Crippen LogP contribution in [-0.2, 0) is 0 Å². The molecule has 3 aromatic rings. The third kappa shape index (κ3) is 3.94. The maximum absolute atomic E-state index is 12.9. The SMILES string of the molecule is Cc1cc(C(=O)N(C)CCOc2ccc(F)cc2)c2ccccc2n1. The highest BCUT2D eigenvalue weighted by molar-refractivity contribution is 6.06. The molecule has 0 saturated heterocycles. The van der Waals surface area contributed by atoms with E-state index in [-0.39, 0.29) is 11.7 Å². The van der Waals surface area contributed by atoms with Crippen LogP contribution in [0.25, 0.3) is 10.9 Å². The Morgan fingerprint density at radius 2 is 1.88 bits per heavy atom. The number of aryl methyl sites for hydroxylation is 1. The molecule has 0 aliphatic carbocycles. The Kier molecular flexibility index (Phi) is 4.93. The number of nitrogens with zero attached hydrogens (tertiary/aromatic N) is 2. The van der Waals surface area contributed by atoms with Gasteiger partial charge in [-0.25, -0.2) is 4.39 Å². The summed E-state index contributed by atoms with van der Waals surface area (Å²) in [4.78, 5) is 18.9. The van der Waals surface area contributed by atoms with Crippen LogP contribution in [0.1, 0.15) is 16.1 Å². The van der Waals surface area contributed by atoms with Gasteiger partial charge < -0.3 is 9.64 Å². The highest BCUT2D eigenvalue weighted by Gasteiger charge is 2.16. The fourth-order valence-electron chi connectivity index (χ4n) is 2.62. The van der Waals surface area contributed by atoms with Crippen LogP contribution in [0.15, 0.2) is 54.6 Å². The minimum Gasteiger partial charge on any atom is -0.492 e. The molecule has 4 nitrogen and oxygen atoms in total. The fraction of sp³-hybridized carbons (Fsp3) is 0.200.